The number of nitrogens with zero attached hydrogens (tertiary/aromatic N) is 2. The summed E-state index contributed by atoms with van der Waals surface area (Å²) >= 11 is 0. The van der Waals surface area contributed by atoms with E-state index in [9.17, 15) is 8.78 Å². The highest BCUT2D eigenvalue weighted by molar-refractivity contribution is 5.56. The smallest absolute Gasteiger partial charge is 0.159 e. The summed E-state index contributed by atoms with van der Waals surface area (Å²) in [6.07, 6.45) is 0.775. The van der Waals surface area contributed by atoms with Crippen LogP contribution in [0.2, 0.25) is 0 Å². The van der Waals surface area contributed by atoms with Gasteiger partial charge in [-0.1, -0.05) is 6.92 Å². The predicted octanol–water partition coefficient (Wildman–Crippen LogP) is 2.59. The summed E-state index contributed by atoms with van der Waals surface area (Å²) in [4.78, 5) is 8.84. The first kappa shape index (κ1) is 12.2. The third kappa shape index (κ3) is 2.21. The Balaban J connectivity index is 2.15. The first-order chi connectivity index (χ1) is 9.17. The summed E-state index contributed by atoms with van der Waals surface area (Å²) in [5.41, 5.74) is 3.35. The maximum Gasteiger partial charge on any atom is 0.159 e. The van der Waals surface area contributed by atoms with Gasteiger partial charge < -0.3 is 5.32 Å². The molecule has 2 aromatic rings. The molecule has 0 saturated heterocycles. The van der Waals surface area contributed by atoms with E-state index in [-0.39, 0.29) is 0 Å². The van der Waals surface area contributed by atoms with Crippen LogP contribution in [-0.4, -0.2) is 9.97 Å². The van der Waals surface area contributed by atoms with E-state index in [0.717, 1.165) is 36.0 Å². The predicted molar refractivity (Wildman–Crippen MR) is 67.3 cm³/mol. The van der Waals surface area contributed by atoms with Crippen molar-refractivity contribution in [3.8, 4) is 11.4 Å². The van der Waals surface area contributed by atoms with E-state index in [0.29, 0.717) is 17.9 Å². The quantitative estimate of drug-likeness (QED) is 0.903. The van der Waals surface area contributed by atoms with Crippen LogP contribution in [0.15, 0.2) is 18.2 Å². The van der Waals surface area contributed by atoms with Crippen LogP contribution in [-0.2, 0) is 19.5 Å². The van der Waals surface area contributed by atoms with Gasteiger partial charge in [-0.25, -0.2) is 18.7 Å². The summed E-state index contributed by atoms with van der Waals surface area (Å²) < 4.78 is 26.5. The van der Waals surface area contributed by atoms with Gasteiger partial charge in [0.2, 0.25) is 0 Å². The molecule has 2 heterocycles. The van der Waals surface area contributed by atoms with Crippen LogP contribution < -0.4 is 5.32 Å². The Morgan fingerprint density at radius 3 is 2.53 bits per heavy atom. The maximum absolute atomic E-state index is 13.3. The number of benzene rings is 1. The van der Waals surface area contributed by atoms with Gasteiger partial charge in [-0.3, -0.25) is 0 Å². The zero-order chi connectivity index (χ0) is 13.4. The standard InChI is InChI=1S/C14H13F2N3/c1-2-12-11-6-17-7-13(11)19-14(18-12)8-3-9(15)5-10(16)4-8/h3-5,17H,2,6-7H2,1H3. The average molecular weight is 261 g/mol. The maximum atomic E-state index is 13.3. The van der Waals surface area contributed by atoms with Crippen LogP contribution in [0.5, 0.6) is 0 Å². The molecule has 0 amide bonds. The third-order valence-corrected chi connectivity index (χ3v) is 3.23. The molecule has 19 heavy (non-hydrogen) atoms. The lowest BCUT2D eigenvalue weighted by atomic mass is 10.1. The minimum absolute atomic E-state index is 0.377. The molecule has 0 fully saturated rings. The second-order valence-corrected chi connectivity index (χ2v) is 4.53. The van der Waals surface area contributed by atoms with E-state index in [4.69, 9.17) is 0 Å². The molecule has 0 bridgehead atoms. The summed E-state index contributed by atoms with van der Waals surface area (Å²) in [5.74, 6) is -0.844. The van der Waals surface area contributed by atoms with Gasteiger partial charge in [-0.05, 0) is 18.6 Å². The van der Waals surface area contributed by atoms with Crippen molar-refractivity contribution in [1.29, 1.82) is 0 Å². The van der Waals surface area contributed by atoms with Gasteiger partial charge in [0.25, 0.3) is 0 Å². The number of hydrogen-bond donors (Lipinski definition) is 1. The Bertz CT molecular complexity index is 621. The van der Waals surface area contributed by atoms with E-state index >= 15 is 0 Å². The number of fused-ring (bicyclic) bond motifs is 1. The first-order valence-electron chi connectivity index (χ1n) is 6.23. The van der Waals surface area contributed by atoms with Crippen molar-refractivity contribution in [3.63, 3.8) is 0 Å². The number of rotatable bonds is 2. The Morgan fingerprint density at radius 1 is 1.11 bits per heavy atom. The van der Waals surface area contributed by atoms with E-state index in [1.807, 2.05) is 6.92 Å². The average Bonchev–Trinajstić information content (AvgIpc) is 2.84. The highest BCUT2D eigenvalue weighted by Gasteiger charge is 2.18. The van der Waals surface area contributed by atoms with Crippen LogP contribution in [0.4, 0.5) is 8.78 Å². The molecule has 0 saturated carbocycles. The molecule has 1 aliphatic rings. The lowest BCUT2D eigenvalue weighted by Crippen LogP contribution is -2.03. The molecule has 1 aromatic heterocycles. The Labute approximate surface area is 109 Å². The fraction of sp³-hybridized carbons (Fsp3) is 0.286. The first-order valence-corrected chi connectivity index (χ1v) is 6.23. The van der Waals surface area contributed by atoms with Crippen LogP contribution in [0.25, 0.3) is 11.4 Å². The van der Waals surface area contributed by atoms with Crippen molar-refractivity contribution < 1.29 is 8.78 Å². The topological polar surface area (TPSA) is 37.8 Å². The molecule has 0 radical (unpaired) electrons. The molecule has 0 unspecified atom stereocenters. The van der Waals surface area contributed by atoms with Crippen molar-refractivity contribution in [3.05, 3.63) is 46.8 Å². The van der Waals surface area contributed by atoms with E-state index in [1.165, 1.54) is 12.1 Å². The van der Waals surface area contributed by atoms with Crippen molar-refractivity contribution in [2.45, 2.75) is 26.4 Å². The summed E-state index contributed by atoms with van der Waals surface area (Å²) in [6, 6.07) is 3.36. The van der Waals surface area contributed by atoms with E-state index < -0.39 is 11.6 Å². The van der Waals surface area contributed by atoms with Gasteiger partial charge in [-0.2, -0.15) is 0 Å². The lowest BCUT2D eigenvalue weighted by molar-refractivity contribution is 0.584. The number of halogens is 2. The van der Waals surface area contributed by atoms with Gasteiger partial charge in [0.1, 0.15) is 11.6 Å². The molecule has 3 rings (SSSR count). The SMILES string of the molecule is CCc1nc(-c2cc(F)cc(F)c2)nc2c1CNC2. The lowest BCUT2D eigenvalue weighted by Gasteiger charge is -2.08. The number of nitrogens with one attached hydrogen (secondary N) is 1. The number of aryl methyl sites for hydroxylation is 1. The van der Waals surface area contributed by atoms with Gasteiger partial charge in [0.15, 0.2) is 5.82 Å². The Morgan fingerprint density at radius 2 is 1.84 bits per heavy atom. The zero-order valence-corrected chi connectivity index (χ0v) is 10.5. The van der Waals surface area contributed by atoms with Crippen molar-refractivity contribution in [2.75, 3.05) is 0 Å². The van der Waals surface area contributed by atoms with Crippen LogP contribution in [0.1, 0.15) is 23.9 Å². The largest absolute Gasteiger partial charge is 0.307 e. The van der Waals surface area contributed by atoms with Crippen LogP contribution in [0, 0.1) is 11.6 Å². The molecule has 5 heteroatoms. The molecule has 3 nitrogen and oxygen atoms in total. The highest BCUT2D eigenvalue weighted by Crippen LogP contribution is 2.24. The van der Waals surface area contributed by atoms with Crippen molar-refractivity contribution in [1.82, 2.24) is 15.3 Å². The highest BCUT2D eigenvalue weighted by atomic mass is 19.1. The van der Waals surface area contributed by atoms with Crippen molar-refractivity contribution in [2.24, 2.45) is 0 Å². The van der Waals surface area contributed by atoms with Crippen LogP contribution >= 0.6 is 0 Å². The summed E-state index contributed by atoms with van der Waals surface area (Å²) in [6.45, 7) is 3.45. The molecule has 98 valence electrons. The minimum Gasteiger partial charge on any atom is -0.307 e. The third-order valence-electron chi connectivity index (χ3n) is 3.23. The normalized spacial score (nSPS) is 13.6. The summed E-state index contributed by atoms with van der Waals surface area (Å²) in [5, 5.41) is 3.21. The van der Waals surface area contributed by atoms with Gasteiger partial charge in [0.05, 0.1) is 5.69 Å². The molecule has 0 atom stereocenters. The molecule has 1 N–H and O–H groups in total. The molecular weight excluding hydrogens is 248 g/mol. The second kappa shape index (κ2) is 4.66. The summed E-state index contributed by atoms with van der Waals surface area (Å²) in [7, 11) is 0. The zero-order valence-electron chi connectivity index (χ0n) is 10.5. The van der Waals surface area contributed by atoms with Gasteiger partial charge in [-0.15, -0.1) is 0 Å². The monoisotopic (exact) mass is 261 g/mol. The van der Waals surface area contributed by atoms with Crippen molar-refractivity contribution >= 4 is 0 Å². The Kier molecular flexibility index (Phi) is 2.98. The van der Waals surface area contributed by atoms with E-state index in [2.05, 4.69) is 15.3 Å². The molecule has 1 aliphatic heterocycles. The fourth-order valence-corrected chi connectivity index (χ4v) is 2.34. The van der Waals surface area contributed by atoms with E-state index in [1.54, 1.807) is 0 Å². The number of aromatic nitrogens is 2. The second-order valence-electron chi connectivity index (χ2n) is 4.53. The molecular formula is C14H13F2N3. The van der Waals surface area contributed by atoms with Gasteiger partial charge in [0, 0.05) is 36.0 Å². The van der Waals surface area contributed by atoms with Crippen LogP contribution in [0.3, 0.4) is 0 Å². The molecule has 0 spiro atoms. The molecule has 1 aromatic carbocycles. The number of hydrogen-bond acceptors (Lipinski definition) is 3. The molecule has 0 aliphatic carbocycles. The Hall–Kier alpha value is -1.88. The fourth-order valence-electron chi connectivity index (χ4n) is 2.34. The van der Waals surface area contributed by atoms with Gasteiger partial charge >= 0.3 is 0 Å². The minimum atomic E-state index is -0.615.